The number of primary amides is 1. The van der Waals surface area contributed by atoms with Crippen LogP contribution in [-0.4, -0.2) is 32.2 Å². The summed E-state index contributed by atoms with van der Waals surface area (Å²) in [7, 11) is 0. The van der Waals surface area contributed by atoms with Gasteiger partial charge in [0.25, 0.3) is 5.91 Å². The SMILES string of the molecule is CC1(F)Cc2c(C(F)(F)F)nn(CC(=O)N[C@@H](Cc3cc(F)cc(F)c3)c3ncccc3-c3ccc(F)c(C(N)=O)c3)c2C1. The number of benzene rings is 2. The van der Waals surface area contributed by atoms with Crippen LogP contribution in [-0.2, 0) is 36.8 Å². The number of carbonyl (C=O) groups is 2. The fourth-order valence-electron chi connectivity index (χ4n) is 5.43. The molecule has 0 bridgehead atoms. The molecule has 2 heterocycles. The van der Waals surface area contributed by atoms with Gasteiger partial charge in [0, 0.05) is 41.9 Å². The summed E-state index contributed by atoms with van der Waals surface area (Å²) in [5.74, 6) is -4.55. The summed E-state index contributed by atoms with van der Waals surface area (Å²) in [6, 6.07) is 8.17. The molecular weight excluding hydrogens is 595 g/mol. The molecule has 1 aliphatic carbocycles. The van der Waals surface area contributed by atoms with Gasteiger partial charge in [-0.05, 0) is 54.8 Å². The molecule has 230 valence electrons. The van der Waals surface area contributed by atoms with E-state index in [2.05, 4.69) is 15.4 Å². The average Bonchev–Trinajstić information content (AvgIpc) is 3.40. The van der Waals surface area contributed by atoms with Crippen LogP contribution >= 0.6 is 0 Å². The summed E-state index contributed by atoms with van der Waals surface area (Å²) in [4.78, 5) is 29.4. The Kier molecular flexibility index (Phi) is 7.95. The molecule has 0 aliphatic heterocycles. The summed E-state index contributed by atoms with van der Waals surface area (Å²) in [5.41, 5.74) is 2.05. The van der Waals surface area contributed by atoms with E-state index in [-0.39, 0.29) is 40.9 Å². The number of hydrogen-bond donors (Lipinski definition) is 2. The summed E-state index contributed by atoms with van der Waals surface area (Å²) < 4.78 is 98.9. The van der Waals surface area contributed by atoms with Gasteiger partial charge in [0.05, 0.1) is 17.3 Å². The number of fused-ring (bicyclic) bond motifs is 1. The van der Waals surface area contributed by atoms with Crippen LogP contribution in [0.25, 0.3) is 11.1 Å². The molecule has 0 radical (unpaired) electrons. The number of amides is 2. The third-order valence-electron chi connectivity index (χ3n) is 7.22. The summed E-state index contributed by atoms with van der Waals surface area (Å²) in [6.45, 7) is 0.431. The summed E-state index contributed by atoms with van der Waals surface area (Å²) in [6.07, 6.45) is -4.66. The molecule has 2 aromatic carbocycles. The number of rotatable bonds is 8. The van der Waals surface area contributed by atoms with Gasteiger partial charge >= 0.3 is 6.18 Å². The van der Waals surface area contributed by atoms with E-state index >= 15 is 0 Å². The van der Waals surface area contributed by atoms with Crippen molar-refractivity contribution in [3.8, 4) is 11.1 Å². The summed E-state index contributed by atoms with van der Waals surface area (Å²) in [5, 5.41) is 6.21. The molecule has 0 saturated carbocycles. The van der Waals surface area contributed by atoms with Crippen molar-refractivity contribution < 1.29 is 40.3 Å². The van der Waals surface area contributed by atoms with Crippen molar-refractivity contribution >= 4 is 11.8 Å². The van der Waals surface area contributed by atoms with Crippen LogP contribution in [0.5, 0.6) is 0 Å². The van der Waals surface area contributed by atoms with Gasteiger partial charge in [-0.25, -0.2) is 17.6 Å². The molecule has 7 nitrogen and oxygen atoms in total. The van der Waals surface area contributed by atoms with Crippen molar-refractivity contribution in [2.75, 3.05) is 0 Å². The Morgan fingerprint density at radius 2 is 1.77 bits per heavy atom. The molecular formula is C30H24F7N5O2. The van der Waals surface area contributed by atoms with Crippen molar-refractivity contribution in [3.05, 3.63) is 106 Å². The third kappa shape index (κ3) is 6.43. The normalized spacial score (nSPS) is 16.9. The average molecular weight is 620 g/mol. The molecule has 14 heteroatoms. The van der Waals surface area contributed by atoms with Crippen molar-refractivity contribution in [2.24, 2.45) is 5.73 Å². The lowest BCUT2D eigenvalue weighted by Gasteiger charge is -2.22. The van der Waals surface area contributed by atoms with Crippen molar-refractivity contribution in [3.63, 3.8) is 0 Å². The van der Waals surface area contributed by atoms with Gasteiger partial charge in [0.1, 0.15) is 29.7 Å². The maximum atomic E-state index is 14.7. The zero-order valence-corrected chi connectivity index (χ0v) is 23.0. The molecule has 2 amide bonds. The number of carbonyl (C=O) groups excluding carboxylic acids is 2. The Hall–Kier alpha value is -4.75. The Morgan fingerprint density at radius 1 is 1.07 bits per heavy atom. The van der Waals surface area contributed by atoms with E-state index in [1.54, 1.807) is 6.07 Å². The lowest BCUT2D eigenvalue weighted by atomic mass is 9.94. The maximum Gasteiger partial charge on any atom is 0.435 e. The van der Waals surface area contributed by atoms with Crippen LogP contribution in [0.2, 0.25) is 0 Å². The minimum absolute atomic E-state index is 0.0648. The van der Waals surface area contributed by atoms with E-state index in [1.165, 1.54) is 24.4 Å². The molecule has 44 heavy (non-hydrogen) atoms. The zero-order chi connectivity index (χ0) is 32.0. The molecule has 1 aliphatic rings. The van der Waals surface area contributed by atoms with E-state index < -0.39 is 71.4 Å². The van der Waals surface area contributed by atoms with Crippen LogP contribution in [0.1, 0.15) is 51.5 Å². The van der Waals surface area contributed by atoms with Gasteiger partial charge in [0.15, 0.2) is 5.69 Å². The van der Waals surface area contributed by atoms with Gasteiger partial charge in [-0.2, -0.15) is 18.3 Å². The monoisotopic (exact) mass is 619 g/mol. The Morgan fingerprint density at radius 3 is 2.43 bits per heavy atom. The zero-order valence-electron chi connectivity index (χ0n) is 23.0. The Balaban J connectivity index is 1.53. The van der Waals surface area contributed by atoms with Crippen molar-refractivity contribution in [1.29, 1.82) is 0 Å². The molecule has 1 unspecified atom stereocenters. The molecule has 0 fully saturated rings. The van der Waals surface area contributed by atoms with Crippen molar-refractivity contribution in [2.45, 2.75) is 50.6 Å². The van der Waals surface area contributed by atoms with E-state index in [9.17, 15) is 40.3 Å². The molecule has 2 aromatic heterocycles. The predicted molar refractivity (Wildman–Crippen MR) is 143 cm³/mol. The second-order valence-electron chi connectivity index (χ2n) is 10.8. The number of pyridine rings is 1. The predicted octanol–water partition coefficient (Wildman–Crippen LogP) is 5.41. The molecule has 4 aromatic rings. The number of aromatic nitrogens is 3. The fourth-order valence-corrected chi connectivity index (χ4v) is 5.43. The summed E-state index contributed by atoms with van der Waals surface area (Å²) >= 11 is 0. The highest BCUT2D eigenvalue weighted by Crippen LogP contribution is 2.41. The van der Waals surface area contributed by atoms with E-state index in [0.717, 1.165) is 29.8 Å². The maximum absolute atomic E-state index is 14.7. The molecule has 5 rings (SSSR count). The fraction of sp³-hybridized carbons (Fsp3) is 0.267. The first-order valence-corrected chi connectivity index (χ1v) is 13.2. The van der Waals surface area contributed by atoms with Crippen LogP contribution in [0.3, 0.4) is 0 Å². The number of alkyl halides is 4. The lowest BCUT2D eigenvalue weighted by Crippen LogP contribution is -2.34. The Bertz CT molecular complexity index is 1750. The van der Waals surface area contributed by atoms with Gasteiger partial charge in [-0.3, -0.25) is 19.3 Å². The highest BCUT2D eigenvalue weighted by molar-refractivity contribution is 5.94. The standard InChI is InChI=1S/C30H24F7N5O2/c1-29(34)12-21-24(13-29)42(41-27(21)30(35,36)37)14-25(43)40-23(9-15-7-17(31)11-18(32)8-15)26-19(3-2-6-39-26)16-4-5-22(33)20(10-16)28(38)44/h2-8,10-11,23H,9,12-14H2,1H3,(H2,38,44)(H,40,43)/t23-,29?/m0/s1. The topological polar surface area (TPSA) is 103 Å². The highest BCUT2D eigenvalue weighted by atomic mass is 19.4. The first kappa shape index (κ1) is 30.7. The van der Waals surface area contributed by atoms with Gasteiger partial charge in [-0.1, -0.05) is 12.1 Å². The van der Waals surface area contributed by atoms with Gasteiger partial charge in [-0.15, -0.1) is 0 Å². The quantitative estimate of drug-likeness (QED) is 0.258. The number of hydrogen-bond acceptors (Lipinski definition) is 4. The highest BCUT2D eigenvalue weighted by Gasteiger charge is 2.46. The first-order valence-electron chi connectivity index (χ1n) is 13.2. The third-order valence-corrected chi connectivity index (χ3v) is 7.22. The smallest absolute Gasteiger partial charge is 0.366 e. The second-order valence-corrected chi connectivity index (χ2v) is 10.8. The van der Waals surface area contributed by atoms with E-state index in [4.69, 9.17) is 5.73 Å². The van der Waals surface area contributed by atoms with Crippen LogP contribution in [0.4, 0.5) is 30.7 Å². The van der Waals surface area contributed by atoms with Gasteiger partial charge in [0.2, 0.25) is 5.91 Å². The van der Waals surface area contributed by atoms with Crippen LogP contribution in [0.15, 0.2) is 54.7 Å². The molecule has 3 N–H and O–H groups in total. The molecule has 0 spiro atoms. The molecule has 0 saturated heterocycles. The van der Waals surface area contributed by atoms with Crippen LogP contribution < -0.4 is 11.1 Å². The lowest BCUT2D eigenvalue weighted by molar-refractivity contribution is -0.142. The molecule has 2 atom stereocenters. The van der Waals surface area contributed by atoms with Crippen molar-refractivity contribution in [1.82, 2.24) is 20.1 Å². The van der Waals surface area contributed by atoms with Gasteiger partial charge < -0.3 is 11.1 Å². The Labute approximate surface area is 245 Å². The second kappa shape index (κ2) is 11.4. The van der Waals surface area contributed by atoms with Crippen LogP contribution in [0, 0.1) is 17.5 Å². The van der Waals surface area contributed by atoms with E-state index in [1.807, 2.05) is 0 Å². The first-order chi connectivity index (χ1) is 20.6. The minimum atomic E-state index is -4.88. The number of nitrogens with two attached hydrogens (primary N) is 1. The minimum Gasteiger partial charge on any atom is -0.366 e. The number of nitrogens with zero attached hydrogens (tertiary/aromatic N) is 3. The number of halogens is 7. The number of nitrogens with one attached hydrogen (secondary N) is 1. The van der Waals surface area contributed by atoms with E-state index in [0.29, 0.717) is 11.6 Å². The largest absolute Gasteiger partial charge is 0.435 e.